The number of para-hydroxylation sites is 2. The van der Waals surface area contributed by atoms with Crippen LogP contribution in [0.1, 0.15) is 46.0 Å². The standard InChI is InChI=1S/C15H24N2O/c1-3-5-9-13(8-4-2)17-15-11-7-6-10-14(15)16-12-18/h6-7,10-13,17H,3-5,8-9H2,1-2H3,(H,16,18). The number of carbonyl (C=O) groups is 1. The predicted molar refractivity (Wildman–Crippen MR) is 78.0 cm³/mol. The lowest BCUT2D eigenvalue weighted by Gasteiger charge is -2.21. The average molecular weight is 248 g/mol. The lowest BCUT2D eigenvalue weighted by molar-refractivity contribution is -0.105. The van der Waals surface area contributed by atoms with Gasteiger partial charge in [0.15, 0.2) is 0 Å². The van der Waals surface area contributed by atoms with Crippen molar-refractivity contribution in [1.29, 1.82) is 0 Å². The van der Waals surface area contributed by atoms with E-state index in [1.165, 1.54) is 25.7 Å². The summed E-state index contributed by atoms with van der Waals surface area (Å²) in [5.74, 6) is 0. The van der Waals surface area contributed by atoms with Gasteiger partial charge >= 0.3 is 0 Å². The molecule has 0 bridgehead atoms. The maximum atomic E-state index is 10.6. The molecule has 0 heterocycles. The van der Waals surface area contributed by atoms with Crippen LogP contribution in [0.3, 0.4) is 0 Å². The minimum atomic E-state index is 0.490. The molecule has 18 heavy (non-hydrogen) atoms. The van der Waals surface area contributed by atoms with Crippen molar-refractivity contribution in [3.8, 4) is 0 Å². The molecule has 0 aliphatic rings. The summed E-state index contributed by atoms with van der Waals surface area (Å²) in [4.78, 5) is 10.6. The first-order valence-corrected chi connectivity index (χ1v) is 6.87. The summed E-state index contributed by atoms with van der Waals surface area (Å²) in [7, 11) is 0. The van der Waals surface area contributed by atoms with E-state index < -0.39 is 0 Å². The molecule has 0 radical (unpaired) electrons. The molecule has 1 aromatic rings. The number of rotatable bonds is 9. The molecule has 3 heteroatoms. The predicted octanol–water partition coefficient (Wildman–Crippen LogP) is 4.03. The highest BCUT2D eigenvalue weighted by molar-refractivity contribution is 5.80. The van der Waals surface area contributed by atoms with E-state index in [0.717, 1.165) is 24.2 Å². The maximum Gasteiger partial charge on any atom is 0.211 e. The molecular formula is C15H24N2O. The summed E-state index contributed by atoms with van der Waals surface area (Å²) < 4.78 is 0. The Hall–Kier alpha value is -1.51. The number of anilines is 2. The zero-order chi connectivity index (χ0) is 13.2. The molecule has 0 saturated carbocycles. The Balaban J connectivity index is 2.69. The summed E-state index contributed by atoms with van der Waals surface area (Å²) in [5.41, 5.74) is 1.87. The van der Waals surface area contributed by atoms with Crippen molar-refractivity contribution in [2.45, 2.75) is 52.0 Å². The van der Waals surface area contributed by atoms with E-state index in [9.17, 15) is 4.79 Å². The first kappa shape index (κ1) is 14.6. The summed E-state index contributed by atoms with van der Waals surface area (Å²) >= 11 is 0. The molecule has 0 aromatic heterocycles. The Labute approximate surface area is 110 Å². The van der Waals surface area contributed by atoms with Crippen LogP contribution in [-0.2, 0) is 4.79 Å². The number of amides is 1. The number of nitrogens with one attached hydrogen (secondary N) is 2. The van der Waals surface area contributed by atoms with Crippen LogP contribution in [0.5, 0.6) is 0 Å². The molecule has 100 valence electrons. The zero-order valence-corrected chi connectivity index (χ0v) is 11.4. The SMILES string of the molecule is CCCCC(CCC)Nc1ccccc1NC=O. The van der Waals surface area contributed by atoms with E-state index >= 15 is 0 Å². The second-order valence-corrected chi connectivity index (χ2v) is 4.58. The van der Waals surface area contributed by atoms with Crippen molar-refractivity contribution < 1.29 is 4.79 Å². The highest BCUT2D eigenvalue weighted by atomic mass is 16.1. The van der Waals surface area contributed by atoms with Crippen LogP contribution in [-0.4, -0.2) is 12.5 Å². The Morgan fingerprint density at radius 1 is 1.11 bits per heavy atom. The van der Waals surface area contributed by atoms with Crippen molar-refractivity contribution in [1.82, 2.24) is 0 Å². The van der Waals surface area contributed by atoms with Crippen LogP contribution in [0, 0.1) is 0 Å². The van der Waals surface area contributed by atoms with Crippen molar-refractivity contribution in [2.24, 2.45) is 0 Å². The lowest BCUT2D eigenvalue weighted by atomic mass is 10.0. The third-order valence-electron chi connectivity index (χ3n) is 3.04. The number of carbonyl (C=O) groups excluding carboxylic acids is 1. The monoisotopic (exact) mass is 248 g/mol. The second kappa shape index (κ2) is 8.56. The molecule has 1 aromatic carbocycles. The van der Waals surface area contributed by atoms with Gasteiger partial charge in [-0.3, -0.25) is 4.79 Å². The topological polar surface area (TPSA) is 41.1 Å². The van der Waals surface area contributed by atoms with Gasteiger partial charge in [-0.05, 0) is 25.0 Å². The Kier molecular flexibility index (Phi) is 6.92. The summed E-state index contributed by atoms with van der Waals surface area (Å²) in [5, 5.41) is 6.28. The van der Waals surface area contributed by atoms with Crippen molar-refractivity contribution in [3.63, 3.8) is 0 Å². The van der Waals surface area contributed by atoms with Gasteiger partial charge in [0.1, 0.15) is 0 Å². The van der Waals surface area contributed by atoms with Gasteiger partial charge in [-0.2, -0.15) is 0 Å². The quantitative estimate of drug-likeness (QED) is 0.648. The van der Waals surface area contributed by atoms with E-state index in [2.05, 4.69) is 24.5 Å². The first-order chi connectivity index (χ1) is 8.81. The van der Waals surface area contributed by atoms with E-state index in [4.69, 9.17) is 0 Å². The smallest absolute Gasteiger partial charge is 0.211 e. The molecule has 0 aliphatic carbocycles. The summed E-state index contributed by atoms with van der Waals surface area (Å²) in [6.45, 7) is 4.42. The van der Waals surface area contributed by atoms with E-state index in [0.29, 0.717) is 6.04 Å². The molecule has 0 spiro atoms. The van der Waals surface area contributed by atoms with E-state index in [1.54, 1.807) is 0 Å². The third kappa shape index (κ3) is 4.78. The van der Waals surface area contributed by atoms with Crippen LogP contribution in [0.25, 0.3) is 0 Å². The van der Waals surface area contributed by atoms with Gasteiger partial charge < -0.3 is 10.6 Å². The van der Waals surface area contributed by atoms with Crippen LogP contribution in [0.4, 0.5) is 11.4 Å². The van der Waals surface area contributed by atoms with Crippen molar-refractivity contribution in [2.75, 3.05) is 10.6 Å². The molecule has 1 rings (SSSR count). The summed E-state index contributed by atoms with van der Waals surface area (Å²) in [6.07, 6.45) is 6.69. The van der Waals surface area contributed by atoms with Gasteiger partial charge in [-0.1, -0.05) is 45.2 Å². The molecule has 1 amide bonds. The Morgan fingerprint density at radius 3 is 2.44 bits per heavy atom. The largest absolute Gasteiger partial charge is 0.381 e. The maximum absolute atomic E-state index is 10.6. The van der Waals surface area contributed by atoms with Gasteiger partial charge in [0.2, 0.25) is 6.41 Å². The van der Waals surface area contributed by atoms with Crippen molar-refractivity contribution in [3.05, 3.63) is 24.3 Å². The molecule has 0 saturated heterocycles. The Morgan fingerprint density at radius 2 is 1.83 bits per heavy atom. The molecule has 2 N–H and O–H groups in total. The number of hydrogen-bond donors (Lipinski definition) is 2. The first-order valence-electron chi connectivity index (χ1n) is 6.87. The second-order valence-electron chi connectivity index (χ2n) is 4.58. The number of benzene rings is 1. The Bertz CT molecular complexity index is 352. The zero-order valence-electron chi connectivity index (χ0n) is 11.4. The number of unbranched alkanes of at least 4 members (excludes halogenated alkanes) is 1. The number of hydrogen-bond acceptors (Lipinski definition) is 2. The highest BCUT2D eigenvalue weighted by Gasteiger charge is 2.09. The van der Waals surface area contributed by atoms with E-state index in [-0.39, 0.29) is 0 Å². The lowest BCUT2D eigenvalue weighted by Crippen LogP contribution is -2.20. The van der Waals surface area contributed by atoms with Crippen LogP contribution in [0.15, 0.2) is 24.3 Å². The fourth-order valence-corrected chi connectivity index (χ4v) is 2.11. The molecule has 0 aliphatic heterocycles. The van der Waals surface area contributed by atoms with Crippen LogP contribution >= 0.6 is 0 Å². The minimum absolute atomic E-state index is 0.490. The third-order valence-corrected chi connectivity index (χ3v) is 3.04. The van der Waals surface area contributed by atoms with Crippen molar-refractivity contribution >= 4 is 17.8 Å². The fourth-order valence-electron chi connectivity index (χ4n) is 2.11. The summed E-state index contributed by atoms with van der Waals surface area (Å²) in [6, 6.07) is 8.34. The van der Waals surface area contributed by atoms with E-state index in [1.807, 2.05) is 24.3 Å². The molecular weight excluding hydrogens is 224 g/mol. The van der Waals surface area contributed by atoms with Crippen LogP contribution < -0.4 is 10.6 Å². The normalized spacial score (nSPS) is 11.9. The molecule has 1 unspecified atom stereocenters. The van der Waals surface area contributed by atoms with Gasteiger partial charge in [-0.25, -0.2) is 0 Å². The fraction of sp³-hybridized carbons (Fsp3) is 0.533. The minimum Gasteiger partial charge on any atom is -0.381 e. The highest BCUT2D eigenvalue weighted by Crippen LogP contribution is 2.23. The van der Waals surface area contributed by atoms with Gasteiger partial charge in [0, 0.05) is 6.04 Å². The molecule has 3 nitrogen and oxygen atoms in total. The van der Waals surface area contributed by atoms with Gasteiger partial charge in [0.25, 0.3) is 0 Å². The van der Waals surface area contributed by atoms with Crippen LogP contribution in [0.2, 0.25) is 0 Å². The molecule has 1 atom stereocenters. The average Bonchev–Trinajstić information content (AvgIpc) is 2.39. The molecule has 0 fully saturated rings. The van der Waals surface area contributed by atoms with Gasteiger partial charge in [-0.15, -0.1) is 0 Å². The van der Waals surface area contributed by atoms with Gasteiger partial charge in [0.05, 0.1) is 11.4 Å².